The molecular weight excluding hydrogens is 541 g/mol. The maximum absolute atomic E-state index is 13.5. The van der Waals surface area contributed by atoms with E-state index in [0.717, 1.165) is 18.5 Å². The summed E-state index contributed by atoms with van der Waals surface area (Å²) in [6.45, 7) is 2.01. The van der Waals surface area contributed by atoms with E-state index < -0.39 is 17.8 Å². The Morgan fingerprint density at radius 3 is 2.60 bits per heavy atom. The third kappa shape index (κ3) is 6.43. The van der Waals surface area contributed by atoms with Gasteiger partial charge in [-0.3, -0.25) is 23.9 Å². The number of benzene rings is 2. The molecule has 1 atom stereocenters. The molecule has 0 aliphatic carbocycles. The minimum atomic E-state index is -0.796. The Morgan fingerprint density at radius 1 is 1.02 bits per heavy atom. The van der Waals surface area contributed by atoms with Crippen LogP contribution in [0.25, 0.3) is 10.9 Å². The van der Waals surface area contributed by atoms with E-state index in [4.69, 9.17) is 5.73 Å². The molecule has 0 radical (unpaired) electrons. The molecule has 2 aromatic heterocycles. The number of nitrogens with two attached hydrogens (primary N) is 1. The Labute approximate surface area is 240 Å². The Hall–Kier alpha value is -5.13. The quantitative estimate of drug-likeness (QED) is 0.295. The fourth-order valence-corrected chi connectivity index (χ4v) is 5.14. The number of nitrogens with one attached hydrogen (secondary N) is 2. The second-order valence-electron chi connectivity index (χ2n) is 10.2. The number of amides is 4. The van der Waals surface area contributed by atoms with E-state index in [1.54, 1.807) is 36.4 Å². The highest BCUT2D eigenvalue weighted by Gasteiger charge is 2.33. The van der Waals surface area contributed by atoms with Crippen molar-refractivity contribution in [1.82, 2.24) is 19.7 Å². The van der Waals surface area contributed by atoms with Crippen LogP contribution in [0.2, 0.25) is 0 Å². The molecule has 0 unspecified atom stereocenters. The van der Waals surface area contributed by atoms with Gasteiger partial charge in [-0.25, -0.2) is 9.37 Å². The summed E-state index contributed by atoms with van der Waals surface area (Å²) in [6.07, 6.45) is 2.02. The van der Waals surface area contributed by atoms with Crippen molar-refractivity contribution >= 4 is 46.0 Å². The number of aromatic nitrogens is 3. The van der Waals surface area contributed by atoms with Crippen LogP contribution in [-0.4, -0.2) is 55.9 Å². The van der Waals surface area contributed by atoms with E-state index in [1.807, 2.05) is 13.0 Å². The van der Waals surface area contributed by atoms with Gasteiger partial charge in [-0.15, -0.1) is 0 Å². The number of aryl methyl sites for hydroxylation is 1. The minimum Gasteiger partial charge on any atom is -0.364 e. The van der Waals surface area contributed by atoms with Gasteiger partial charge in [-0.05, 0) is 74.2 Å². The van der Waals surface area contributed by atoms with Gasteiger partial charge < -0.3 is 21.3 Å². The van der Waals surface area contributed by atoms with Crippen LogP contribution in [0.15, 0.2) is 60.7 Å². The maximum Gasteiger partial charge on any atom is 0.269 e. The fourth-order valence-electron chi connectivity index (χ4n) is 5.14. The zero-order chi connectivity index (χ0) is 29.8. The van der Waals surface area contributed by atoms with E-state index in [2.05, 4.69) is 20.7 Å². The molecule has 216 valence electrons. The first-order chi connectivity index (χ1) is 20.2. The summed E-state index contributed by atoms with van der Waals surface area (Å²) in [6, 6.07) is 15.2. The van der Waals surface area contributed by atoms with Crippen LogP contribution in [0.3, 0.4) is 0 Å². The number of likely N-dealkylation sites (tertiary alicyclic amines) is 1. The smallest absolute Gasteiger partial charge is 0.269 e. The van der Waals surface area contributed by atoms with Crippen LogP contribution in [0.4, 0.5) is 15.9 Å². The maximum atomic E-state index is 13.5. The molecule has 2 aromatic carbocycles. The number of fused-ring (bicyclic) bond motifs is 1. The van der Waals surface area contributed by atoms with Crippen LogP contribution in [0.5, 0.6) is 0 Å². The predicted octanol–water partition coefficient (Wildman–Crippen LogP) is 3.18. The van der Waals surface area contributed by atoms with Gasteiger partial charge in [0.2, 0.25) is 17.7 Å². The van der Waals surface area contributed by atoms with Crippen molar-refractivity contribution in [2.45, 2.75) is 45.2 Å². The van der Waals surface area contributed by atoms with Gasteiger partial charge in [0.1, 0.15) is 24.2 Å². The molecule has 0 saturated carbocycles. The second-order valence-corrected chi connectivity index (χ2v) is 10.2. The summed E-state index contributed by atoms with van der Waals surface area (Å²) < 4.78 is 14.9. The number of piperidine rings is 1. The van der Waals surface area contributed by atoms with Gasteiger partial charge in [0, 0.05) is 23.3 Å². The Kier molecular flexibility index (Phi) is 8.23. The summed E-state index contributed by atoms with van der Waals surface area (Å²) >= 11 is 0. The molecule has 42 heavy (non-hydrogen) atoms. The van der Waals surface area contributed by atoms with Crippen molar-refractivity contribution < 1.29 is 23.6 Å². The molecule has 0 bridgehead atoms. The summed E-state index contributed by atoms with van der Waals surface area (Å²) in [7, 11) is 0. The Balaban J connectivity index is 1.33. The number of pyridine rings is 1. The molecule has 1 fully saturated rings. The van der Waals surface area contributed by atoms with Crippen LogP contribution < -0.4 is 16.4 Å². The van der Waals surface area contributed by atoms with Gasteiger partial charge >= 0.3 is 0 Å². The first kappa shape index (κ1) is 28.4. The summed E-state index contributed by atoms with van der Waals surface area (Å²) in [5.41, 5.74) is 7.65. The topological polar surface area (TPSA) is 152 Å². The van der Waals surface area contributed by atoms with Crippen molar-refractivity contribution in [1.29, 1.82) is 0 Å². The molecule has 4 amide bonds. The van der Waals surface area contributed by atoms with Crippen molar-refractivity contribution in [3.05, 3.63) is 83.4 Å². The summed E-state index contributed by atoms with van der Waals surface area (Å²) in [4.78, 5) is 57.3. The first-order valence-corrected chi connectivity index (χ1v) is 13.6. The standard InChI is InChI=1S/C30H30FN7O4/c1-18-6-4-10-25(33-18)35-30(42)24-9-2-3-13-37(24)27(40)17-38-23-12-11-21(16-22(23)28(36-38)29(32)41)34-26(39)15-19-7-5-8-20(31)14-19/h4-8,10-12,14,16,24H,2-3,9,13,15,17H2,1H3,(H2,32,41)(H,34,39)(H,33,35,42)/t24-/m0/s1. The lowest BCUT2D eigenvalue weighted by Gasteiger charge is -2.34. The number of carbonyl (C=O) groups is 4. The number of primary amides is 1. The highest BCUT2D eigenvalue weighted by Crippen LogP contribution is 2.25. The largest absolute Gasteiger partial charge is 0.364 e. The lowest BCUT2D eigenvalue weighted by Crippen LogP contribution is -2.51. The molecule has 3 heterocycles. The number of halogens is 1. The Morgan fingerprint density at radius 2 is 1.83 bits per heavy atom. The third-order valence-electron chi connectivity index (χ3n) is 7.07. The second kappa shape index (κ2) is 12.2. The number of nitrogens with zero attached hydrogens (tertiary/aromatic N) is 4. The number of anilines is 2. The molecule has 12 heteroatoms. The number of hydrogen-bond acceptors (Lipinski definition) is 6. The SMILES string of the molecule is Cc1cccc(NC(=O)[C@@H]2CCCCN2C(=O)Cn2nc(C(N)=O)c3cc(NC(=O)Cc4cccc(F)c4)ccc32)n1. The third-order valence-corrected chi connectivity index (χ3v) is 7.07. The van der Waals surface area contributed by atoms with Gasteiger partial charge in [0.05, 0.1) is 11.9 Å². The number of rotatable bonds is 8. The highest BCUT2D eigenvalue weighted by atomic mass is 19.1. The number of hydrogen-bond donors (Lipinski definition) is 3. The summed E-state index contributed by atoms with van der Waals surface area (Å²) in [5.74, 6) is -1.84. The van der Waals surface area contributed by atoms with Gasteiger partial charge in [0.15, 0.2) is 5.69 Å². The molecule has 1 saturated heterocycles. The monoisotopic (exact) mass is 571 g/mol. The first-order valence-electron chi connectivity index (χ1n) is 13.6. The molecule has 0 spiro atoms. The van der Waals surface area contributed by atoms with E-state index >= 15 is 0 Å². The lowest BCUT2D eigenvalue weighted by molar-refractivity contribution is -0.141. The van der Waals surface area contributed by atoms with Crippen molar-refractivity contribution in [3.8, 4) is 0 Å². The van der Waals surface area contributed by atoms with E-state index in [9.17, 15) is 23.6 Å². The molecule has 1 aliphatic rings. The zero-order valence-corrected chi connectivity index (χ0v) is 23.0. The van der Waals surface area contributed by atoms with Crippen LogP contribution in [0.1, 0.15) is 41.0 Å². The Bertz CT molecular complexity index is 1690. The molecule has 1 aliphatic heterocycles. The predicted molar refractivity (Wildman–Crippen MR) is 154 cm³/mol. The molecule has 4 N–H and O–H groups in total. The lowest BCUT2D eigenvalue weighted by atomic mass is 10.0. The van der Waals surface area contributed by atoms with E-state index in [-0.39, 0.29) is 36.4 Å². The average Bonchev–Trinajstić information content (AvgIpc) is 3.30. The van der Waals surface area contributed by atoms with Crippen molar-refractivity contribution in [2.75, 3.05) is 17.2 Å². The summed E-state index contributed by atoms with van der Waals surface area (Å²) in [5, 5.41) is 10.2. The average molecular weight is 572 g/mol. The van der Waals surface area contributed by atoms with E-state index in [0.29, 0.717) is 40.9 Å². The minimum absolute atomic E-state index is 0.0449. The fraction of sp³-hybridized carbons (Fsp3) is 0.267. The van der Waals surface area contributed by atoms with Crippen LogP contribution in [0, 0.1) is 12.7 Å². The molecule has 5 rings (SSSR count). The van der Waals surface area contributed by atoms with Crippen molar-refractivity contribution in [2.24, 2.45) is 5.73 Å². The van der Waals surface area contributed by atoms with Crippen LogP contribution in [-0.2, 0) is 27.3 Å². The van der Waals surface area contributed by atoms with Gasteiger partial charge in [-0.1, -0.05) is 18.2 Å². The normalized spacial score (nSPS) is 14.9. The molecule has 11 nitrogen and oxygen atoms in total. The number of carbonyl (C=O) groups excluding carboxylic acids is 4. The zero-order valence-electron chi connectivity index (χ0n) is 23.0. The highest BCUT2D eigenvalue weighted by molar-refractivity contribution is 6.06. The van der Waals surface area contributed by atoms with Gasteiger partial charge in [0.25, 0.3) is 5.91 Å². The molecular formula is C30H30FN7O4. The van der Waals surface area contributed by atoms with E-state index in [1.165, 1.54) is 27.8 Å². The molecule has 4 aromatic rings. The van der Waals surface area contributed by atoms with Crippen molar-refractivity contribution in [3.63, 3.8) is 0 Å². The van der Waals surface area contributed by atoms with Gasteiger partial charge in [-0.2, -0.15) is 5.10 Å². The van der Waals surface area contributed by atoms with Crippen LogP contribution >= 0.6 is 0 Å².